The average Bonchev–Trinajstić information content (AvgIpc) is 3.09. The van der Waals surface area contributed by atoms with E-state index in [-0.39, 0.29) is 5.91 Å². The van der Waals surface area contributed by atoms with Crippen LogP contribution in [0.3, 0.4) is 0 Å². The lowest BCUT2D eigenvalue weighted by atomic mass is 10.0. The highest BCUT2D eigenvalue weighted by atomic mass is 79.9. The van der Waals surface area contributed by atoms with Crippen LogP contribution in [0, 0.1) is 0 Å². The van der Waals surface area contributed by atoms with E-state index in [9.17, 15) is 4.79 Å². The second kappa shape index (κ2) is 5.63. The lowest BCUT2D eigenvalue weighted by Gasteiger charge is -2.27. The highest BCUT2D eigenvalue weighted by Crippen LogP contribution is 2.31. The number of hydrogen-bond donors (Lipinski definition) is 1. The van der Waals surface area contributed by atoms with Gasteiger partial charge >= 0.3 is 0 Å². The average molecular weight is 325 g/mol. The molecule has 2 rings (SSSR count). The van der Waals surface area contributed by atoms with E-state index in [2.05, 4.69) is 22.0 Å². The van der Waals surface area contributed by atoms with Gasteiger partial charge in [-0.2, -0.15) is 0 Å². The van der Waals surface area contributed by atoms with Gasteiger partial charge in [0.2, 0.25) is 5.91 Å². The molecule has 0 unspecified atom stereocenters. The van der Waals surface area contributed by atoms with E-state index < -0.39 is 5.54 Å². The third-order valence-corrected chi connectivity index (χ3v) is 3.99. The van der Waals surface area contributed by atoms with Gasteiger partial charge in [-0.25, -0.2) is 0 Å². The topological polar surface area (TPSA) is 46.3 Å². The van der Waals surface area contributed by atoms with Crippen LogP contribution in [0.4, 0.5) is 0 Å². The van der Waals surface area contributed by atoms with Crippen LogP contribution in [0.25, 0.3) is 0 Å². The van der Waals surface area contributed by atoms with Crippen LogP contribution in [-0.2, 0) is 11.3 Å². The van der Waals surface area contributed by atoms with Gasteiger partial charge in [0.1, 0.15) is 0 Å². The van der Waals surface area contributed by atoms with E-state index in [1.165, 1.54) is 0 Å². The van der Waals surface area contributed by atoms with Gasteiger partial charge in [0, 0.05) is 29.0 Å². The Morgan fingerprint density at radius 3 is 2.58 bits per heavy atom. The molecule has 2 N–H and O–H groups in total. The maximum absolute atomic E-state index is 12.4. The number of amides is 1. The number of rotatable bonds is 5. The van der Waals surface area contributed by atoms with Crippen molar-refractivity contribution in [3.8, 4) is 0 Å². The molecule has 0 bridgehead atoms. The number of carbonyl (C=O) groups is 1. The minimum Gasteiger partial charge on any atom is -0.335 e. The number of hydrogen-bond acceptors (Lipinski definition) is 2. The van der Waals surface area contributed by atoms with Gasteiger partial charge in [0.25, 0.3) is 0 Å². The summed E-state index contributed by atoms with van der Waals surface area (Å²) in [6, 6.07) is 8.46. The molecule has 1 aromatic carbocycles. The van der Waals surface area contributed by atoms with Crippen molar-refractivity contribution in [1.82, 2.24) is 4.90 Å². The van der Waals surface area contributed by atoms with Crippen LogP contribution in [0.1, 0.15) is 38.7 Å². The molecular formula is C15H21BrN2O. The van der Waals surface area contributed by atoms with Gasteiger partial charge in [-0.15, -0.1) is 0 Å². The third kappa shape index (κ3) is 4.32. The minimum absolute atomic E-state index is 0.158. The van der Waals surface area contributed by atoms with Crippen LogP contribution in [0.2, 0.25) is 0 Å². The predicted molar refractivity (Wildman–Crippen MR) is 80.6 cm³/mol. The fourth-order valence-corrected chi connectivity index (χ4v) is 2.52. The smallest absolute Gasteiger partial charge is 0.224 e. The van der Waals surface area contributed by atoms with Crippen LogP contribution < -0.4 is 5.73 Å². The van der Waals surface area contributed by atoms with Gasteiger partial charge in [-0.05, 0) is 38.3 Å². The van der Waals surface area contributed by atoms with Crippen LogP contribution in [-0.4, -0.2) is 22.4 Å². The van der Waals surface area contributed by atoms with Crippen LogP contribution in [0.5, 0.6) is 0 Å². The van der Waals surface area contributed by atoms with Crippen molar-refractivity contribution < 1.29 is 4.79 Å². The first-order valence-corrected chi connectivity index (χ1v) is 7.48. The molecule has 0 radical (unpaired) electrons. The zero-order chi connectivity index (χ0) is 14.0. The number of halogens is 1. The van der Waals surface area contributed by atoms with Gasteiger partial charge in [-0.1, -0.05) is 34.1 Å². The van der Waals surface area contributed by atoms with Crippen LogP contribution >= 0.6 is 15.9 Å². The van der Waals surface area contributed by atoms with E-state index >= 15 is 0 Å². The molecule has 0 spiro atoms. The maximum Gasteiger partial charge on any atom is 0.224 e. The number of nitrogens with zero attached hydrogens (tertiary/aromatic N) is 1. The fourth-order valence-electron chi connectivity index (χ4n) is 2.11. The van der Waals surface area contributed by atoms with Crippen molar-refractivity contribution >= 4 is 21.8 Å². The summed E-state index contributed by atoms with van der Waals surface area (Å²) in [5.41, 5.74) is 6.67. The molecule has 3 nitrogen and oxygen atoms in total. The summed E-state index contributed by atoms with van der Waals surface area (Å²) in [6.45, 7) is 4.46. The molecule has 0 atom stereocenters. The summed E-state index contributed by atoms with van der Waals surface area (Å²) in [4.78, 5) is 14.4. The Kier molecular flexibility index (Phi) is 4.31. The Labute approximate surface area is 123 Å². The molecule has 4 heteroatoms. The second-order valence-electron chi connectivity index (χ2n) is 6.01. The molecule has 1 aliphatic carbocycles. The zero-order valence-corrected chi connectivity index (χ0v) is 13.1. The molecular weight excluding hydrogens is 304 g/mol. The summed E-state index contributed by atoms with van der Waals surface area (Å²) in [7, 11) is 0. The molecule has 1 fully saturated rings. The second-order valence-corrected chi connectivity index (χ2v) is 6.86. The zero-order valence-electron chi connectivity index (χ0n) is 11.5. The molecule has 1 saturated carbocycles. The molecule has 104 valence electrons. The molecule has 1 aromatic rings. The number of carbonyl (C=O) groups excluding carboxylic acids is 1. The largest absolute Gasteiger partial charge is 0.335 e. The van der Waals surface area contributed by atoms with E-state index in [0.717, 1.165) is 22.9 Å². The van der Waals surface area contributed by atoms with Gasteiger partial charge in [-0.3, -0.25) is 4.79 Å². The lowest BCUT2D eigenvalue weighted by molar-refractivity contribution is -0.133. The summed E-state index contributed by atoms with van der Waals surface area (Å²) < 4.78 is 1.06. The standard InChI is InChI=1S/C15H21BrN2O/c1-15(2,17)9-14(19)18(12-7-8-12)10-11-5-3-4-6-13(11)16/h3-6,12H,7-10,17H2,1-2H3. The first-order chi connectivity index (χ1) is 8.87. The molecule has 0 saturated heterocycles. The Hall–Kier alpha value is -0.870. The Bertz CT molecular complexity index is 463. The summed E-state index contributed by atoms with van der Waals surface area (Å²) in [6.07, 6.45) is 2.62. The number of nitrogens with two attached hydrogens (primary N) is 1. The maximum atomic E-state index is 12.4. The van der Waals surface area contributed by atoms with E-state index in [1.54, 1.807) is 0 Å². The molecule has 0 aromatic heterocycles. The molecule has 1 amide bonds. The normalized spacial score (nSPS) is 15.4. The molecule has 1 aliphatic rings. The van der Waals surface area contributed by atoms with E-state index in [4.69, 9.17) is 5.73 Å². The van der Waals surface area contributed by atoms with Crippen molar-refractivity contribution in [1.29, 1.82) is 0 Å². The van der Waals surface area contributed by atoms with Gasteiger partial charge in [0.05, 0.1) is 0 Å². The van der Waals surface area contributed by atoms with E-state index in [1.807, 2.05) is 36.9 Å². The van der Waals surface area contributed by atoms with E-state index in [0.29, 0.717) is 19.0 Å². The highest BCUT2D eigenvalue weighted by molar-refractivity contribution is 9.10. The fraction of sp³-hybridized carbons (Fsp3) is 0.533. The Morgan fingerprint density at radius 2 is 2.05 bits per heavy atom. The summed E-state index contributed by atoms with van der Waals surface area (Å²) >= 11 is 3.54. The van der Waals surface area contributed by atoms with Crippen molar-refractivity contribution in [3.05, 3.63) is 34.3 Å². The summed E-state index contributed by atoms with van der Waals surface area (Å²) in [5.74, 6) is 0.158. The Balaban J connectivity index is 2.09. The van der Waals surface area contributed by atoms with Crippen molar-refractivity contribution in [2.45, 2.75) is 51.2 Å². The molecule has 19 heavy (non-hydrogen) atoms. The van der Waals surface area contributed by atoms with Crippen molar-refractivity contribution in [3.63, 3.8) is 0 Å². The minimum atomic E-state index is -0.446. The number of benzene rings is 1. The first-order valence-electron chi connectivity index (χ1n) is 6.68. The monoisotopic (exact) mass is 324 g/mol. The highest BCUT2D eigenvalue weighted by Gasteiger charge is 2.34. The van der Waals surface area contributed by atoms with Crippen molar-refractivity contribution in [2.75, 3.05) is 0 Å². The Morgan fingerprint density at radius 1 is 1.42 bits per heavy atom. The quantitative estimate of drug-likeness (QED) is 0.904. The predicted octanol–water partition coefficient (Wildman–Crippen LogP) is 3.07. The van der Waals surface area contributed by atoms with Crippen LogP contribution in [0.15, 0.2) is 28.7 Å². The van der Waals surface area contributed by atoms with Crippen molar-refractivity contribution in [2.24, 2.45) is 5.73 Å². The molecule has 0 aliphatic heterocycles. The van der Waals surface area contributed by atoms with Gasteiger partial charge in [0.15, 0.2) is 0 Å². The SMILES string of the molecule is CC(C)(N)CC(=O)N(Cc1ccccc1Br)C1CC1. The first kappa shape index (κ1) is 14.5. The summed E-state index contributed by atoms with van der Waals surface area (Å²) in [5, 5.41) is 0. The molecule has 0 heterocycles. The van der Waals surface area contributed by atoms with Gasteiger partial charge < -0.3 is 10.6 Å². The third-order valence-electron chi connectivity index (χ3n) is 3.21. The lowest BCUT2D eigenvalue weighted by Crippen LogP contribution is -2.41.